The molecule has 0 aromatic heterocycles. The molecule has 2 aromatic rings. The Labute approximate surface area is 321 Å². The number of ether oxygens (including phenoxy) is 3. The molecular weight excluding hydrogens is 697 g/mol. The van der Waals surface area contributed by atoms with Gasteiger partial charge in [-0.25, -0.2) is 0 Å². The van der Waals surface area contributed by atoms with Gasteiger partial charge in [0, 0.05) is 49.2 Å². The number of aliphatic hydroxyl groups is 2. The molecule has 1 heterocycles. The van der Waals surface area contributed by atoms with Crippen LogP contribution < -0.4 is 14.8 Å². The molecule has 0 bridgehead atoms. The SMILES string of the molecule is C=CC(=O)NC(C)(C)C.CC(C)(C)N1CC1.CC(C)(C)OS(C)(=O)=O.COCC(O)COc1ccc(C(C)(C)c2ccc(OCC(C)CO)cc2)cc1. The maximum atomic E-state index is 10.6. The van der Waals surface area contributed by atoms with Crippen molar-refractivity contribution in [3.8, 4) is 11.5 Å². The lowest BCUT2D eigenvalue weighted by Crippen LogP contribution is -2.39. The summed E-state index contributed by atoms with van der Waals surface area (Å²) in [6.07, 6.45) is 1.67. The molecule has 53 heavy (non-hydrogen) atoms. The number of methoxy groups -OCH3 is 1. The molecule has 1 saturated heterocycles. The van der Waals surface area contributed by atoms with Crippen LogP contribution in [0, 0.1) is 5.92 Å². The van der Waals surface area contributed by atoms with Crippen LogP contribution in [0.2, 0.25) is 0 Å². The predicted octanol–water partition coefficient (Wildman–Crippen LogP) is 6.35. The van der Waals surface area contributed by atoms with Gasteiger partial charge in [-0.1, -0.05) is 51.6 Å². The lowest BCUT2D eigenvalue weighted by molar-refractivity contribution is -0.117. The number of benzene rings is 2. The van der Waals surface area contributed by atoms with Crippen LogP contribution in [0.15, 0.2) is 61.2 Å². The number of rotatable bonds is 13. The molecule has 0 spiro atoms. The fraction of sp³-hybridized carbons (Fsp3) is 0.634. The van der Waals surface area contributed by atoms with Crippen LogP contribution >= 0.6 is 0 Å². The number of amides is 1. The van der Waals surface area contributed by atoms with Gasteiger partial charge in [-0.2, -0.15) is 8.42 Å². The van der Waals surface area contributed by atoms with Crippen LogP contribution in [-0.2, 0) is 29.2 Å². The van der Waals surface area contributed by atoms with Crippen molar-refractivity contribution in [1.82, 2.24) is 10.2 Å². The molecule has 0 saturated carbocycles. The Hall–Kier alpha value is -3.00. The minimum absolute atomic E-state index is 0.118. The first kappa shape index (κ1) is 50.0. The molecule has 304 valence electrons. The quantitative estimate of drug-likeness (QED) is 0.120. The highest BCUT2D eigenvalue weighted by Gasteiger charge is 2.29. The third kappa shape index (κ3) is 24.8. The van der Waals surface area contributed by atoms with Crippen molar-refractivity contribution in [3.63, 3.8) is 0 Å². The van der Waals surface area contributed by atoms with E-state index in [0.29, 0.717) is 12.1 Å². The molecule has 2 aromatic carbocycles. The van der Waals surface area contributed by atoms with E-state index in [1.807, 2.05) is 64.1 Å². The van der Waals surface area contributed by atoms with Crippen LogP contribution in [0.3, 0.4) is 0 Å². The highest BCUT2D eigenvalue weighted by molar-refractivity contribution is 7.86. The summed E-state index contributed by atoms with van der Waals surface area (Å²) in [4.78, 5) is 13.0. The van der Waals surface area contributed by atoms with Gasteiger partial charge in [-0.3, -0.25) is 13.9 Å². The number of carbonyl (C=O) groups excluding carboxylic acids is 1. The first-order valence-corrected chi connectivity index (χ1v) is 19.8. The minimum atomic E-state index is -3.28. The highest BCUT2D eigenvalue weighted by Crippen LogP contribution is 2.33. The Bertz CT molecular complexity index is 1430. The van der Waals surface area contributed by atoms with Gasteiger partial charge in [0.05, 0.1) is 25.1 Å². The molecule has 0 radical (unpaired) electrons. The lowest BCUT2D eigenvalue weighted by Gasteiger charge is -2.26. The topological polar surface area (TPSA) is 144 Å². The largest absolute Gasteiger partial charge is 0.493 e. The van der Waals surface area contributed by atoms with Gasteiger partial charge in [0.1, 0.15) is 24.2 Å². The Morgan fingerprint density at radius 1 is 0.849 bits per heavy atom. The molecule has 2 unspecified atom stereocenters. The molecule has 12 heteroatoms. The summed E-state index contributed by atoms with van der Waals surface area (Å²) in [5.74, 6) is 1.52. The number of hydrogen-bond donors (Lipinski definition) is 3. The number of carbonyl (C=O) groups is 1. The average Bonchev–Trinajstić information content (AvgIpc) is 3.88. The number of aliphatic hydroxyl groups excluding tert-OH is 2. The molecule has 1 amide bonds. The molecular formula is C41H70N2O9S. The lowest BCUT2D eigenvalue weighted by atomic mass is 9.78. The van der Waals surface area contributed by atoms with E-state index in [9.17, 15) is 18.3 Å². The van der Waals surface area contributed by atoms with Crippen LogP contribution in [0.25, 0.3) is 0 Å². The van der Waals surface area contributed by atoms with Crippen molar-refractivity contribution in [3.05, 3.63) is 72.3 Å². The van der Waals surface area contributed by atoms with E-state index in [-0.39, 0.29) is 42.6 Å². The van der Waals surface area contributed by atoms with Crippen LogP contribution in [-0.4, -0.2) is 105 Å². The maximum absolute atomic E-state index is 10.6. The van der Waals surface area contributed by atoms with Crippen LogP contribution in [0.4, 0.5) is 0 Å². The molecule has 1 aliphatic heterocycles. The third-order valence-electron chi connectivity index (χ3n) is 7.28. The van der Waals surface area contributed by atoms with E-state index in [2.05, 4.69) is 67.7 Å². The monoisotopic (exact) mass is 766 g/mol. The molecule has 1 fully saturated rings. The maximum Gasteiger partial charge on any atom is 0.264 e. The van der Waals surface area contributed by atoms with Gasteiger partial charge in [0.25, 0.3) is 10.1 Å². The zero-order chi connectivity index (χ0) is 41.3. The first-order valence-electron chi connectivity index (χ1n) is 18.0. The van der Waals surface area contributed by atoms with Crippen LogP contribution in [0.5, 0.6) is 11.5 Å². The van der Waals surface area contributed by atoms with E-state index >= 15 is 0 Å². The first-order chi connectivity index (χ1) is 24.1. The van der Waals surface area contributed by atoms with E-state index in [1.165, 1.54) is 30.3 Å². The highest BCUT2D eigenvalue weighted by atomic mass is 32.2. The van der Waals surface area contributed by atoms with Crippen molar-refractivity contribution in [2.24, 2.45) is 5.92 Å². The van der Waals surface area contributed by atoms with Gasteiger partial charge < -0.3 is 29.7 Å². The van der Waals surface area contributed by atoms with Crippen molar-refractivity contribution in [2.75, 3.05) is 52.9 Å². The zero-order valence-corrected chi connectivity index (χ0v) is 35.7. The van der Waals surface area contributed by atoms with Gasteiger partial charge in [0.15, 0.2) is 0 Å². The smallest absolute Gasteiger partial charge is 0.264 e. The normalized spacial score (nSPS) is 14.4. The van der Waals surface area contributed by atoms with Crippen molar-refractivity contribution < 1.29 is 41.8 Å². The second-order valence-electron chi connectivity index (χ2n) is 16.7. The molecule has 11 nitrogen and oxygen atoms in total. The molecule has 0 aliphatic carbocycles. The van der Waals surface area contributed by atoms with Gasteiger partial charge >= 0.3 is 0 Å². The summed E-state index contributed by atoms with van der Waals surface area (Å²) < 4.78 is 41.6. The van der Waals surface area contributed by atoms with Gasteiger partial charge in [-0.15, -0.1) is 0 Å². The van der Waals surface area contributed by atoms with Crippen molar-refractivity contribution >= 4 is 16.0 Å². The van der Waals surface area contributed by atoms with Crippen molar-refractivity contribution in [1.29, 1.82) is 0 Å². The second-order valence-corrected chi connectivity index (χ2v) is 18.3. The molecule has 3 N–H and O–H groups in total. The van der Waals surface area contributed by atoms with E-state index in [4.69, 9.17) is 19.3 Å². The fourth-order valence-corrected chi connectivity index (χ4v) is 5.33. The summed E-state index contributed by atoms with van der Waals surface area (Å²) in [7, 11) is -1.73. The fourth-order valence-electron chi connectivity index (χ4n) is 4.42. The molecule has 1 aliphatic rings. The summed E-state index contributed by atoms with van der Waals surface area (Å²) in [6.45, 7) is 30.9. The summed E-state index contributed by atoms with van der Waals surface area (Å²) in [5.41, 5.74) is 1.86. The minimum Gasteiger partial charge on any atom is -0.493 e. The number of nitrogens with zero attached hydrogens (tertiary/aromatic N) is 1. The van der Waals surface area contributed by atoms with Crippen LogP contribution in [0.1, 0.15) is 94.2 Å². The standard InChI is InChI=1S/C23H32O5.C7H13NO.C6H13N.C5H12O3S/c1-17(13-24)14-27-21-9-5-18(6-10-21)23(2,3)19-7-11-22(12-8-19)28-16-20(25)15-26-4;1-5-6(9)8-7(2,3)4;1-6(2,3)7-4-5-7;1-5(2,3)8-9(4,6)7/h5-12,17,20,24-25H,13-16H2,1-4H3;5H,1H2,2-4H3,(H,8,9);4-5H2,1-3H3;1-4H3. The van der Waals surface area contributed by atoms with E-state index < -0.39 is 21.8 Å². The Morgan fingerprint density at radius 2 is 1.28 bits per heavy atom. The van der Waals surface area contributed by atoms with E-state index in [0.717, 1.165) is 17.8 Å². The van der Waals surface area contributed by atoms with Crippen molar-refractivity contribution in [2.45, 2.75) is 111 Å². The Balaban J connectivity index is 0.000000871. The van der Waals surface area contributed by atoms with E-state index in [1.54, 1.807) is 27.9 Å². The number of hydrogen-bond acceptors (Lipinski definition) is 10. The van der Waals surface area contributed by atoms with Gasteiger partial charge in [0.2, 0.25) is 5.91 Å². The second kappa shape index (κ2) is 22.4. The summed E-state index contributed by atoms with van der Waals surface area (Å²) >= 11 is 0. The Kier molecular flexibility index (Phi) is 21.1. The molecule has 3 rings (SSSR count). The Morgan fingerprint density at radius 3 is 1.53 bits per heavy atom. The average molecular weight is 767 g/mol. The predicted molar refractivity (Wildman–Crippen MR) is 215 cm³/mol. The number of nitrogens with one attached hydrogen (secondary N) is 1. The third-order valence-corrected chi connectivity index (χ3v) is 8.08. The zero-order valence-electron chi connectivity index (χ0n) is 34.9. The van der Waals surface area contributed by atoms with Gasteiger partial charge in [-0.05, 0) is 104 Å². The summed E-state index contributed by atoms with van der Waals surface area (Å²) in [6, 6.07) is 16.0. The summed E-state index contributed by atoms with van der Waals surface area (Å²) in [5, 5.41) is 21.5. The molecule has 2 atom stereocenters.